The van der Waals surface area contributed by atoms with Crippen molar-refractivity contribution in [1.82, 2.24) is 14.7 Å². The van der Waals surface area contributed by atoms with E-state index in [1.807, 2.05) is 0 Å². The first-order valence-corrected chi connectivity index (χ1v) is 5.17. The molecule has 0 aromatic heterocycles. The highest BCUT2D eigenvalue weighted by Gasteiger charge is 2.32. The number of likely N-dealkylation sites (tertiary alicyclic amines) is 1. The molecule has 13 heavy (non-hydrogen) atoms. The van der Waals surface area contributed by atoms with Crippen LogP contribution in [-0.2, 0) is 0 Å². The van der Waals surface area contributed by atoms with Gasteiger partial charge in [-0.1, -0.05) is 6.92 Å². The molecule has 1 aliphatic heterocycles. The zero-order valence-corrected chi connectivity index (χ0v) is 9.62. The first kappa shape index (κ1) is 11.0. The first-order valence-electron chi connectivity index (χ1n) is 5.17. The van der Waals surface area contributed by atoms with E-state index in [1.54, 1.807) is 0 Å². The molecule has 0 aliphatic carbocycles. The van der Waals surface area contributed by atoms with Gasteiger partial charge in [-0.05, 0) is 34.6 Å². The molecule has 0 bridgehead atoms. The van der Waals surface area contributed by atoms with Crippen LogP contribution in [0.15, 0.2) is 0 Å². The first-order chi connectivity index (χ1) is 6.06. The Labute approximate surface area is 82.3 Å². The molecule has 1 saturated heterocycles. The molecule has 1 aliphatic rings. The Morgan fingerprint density at radius 3 is 2.23 bits per heavy atom. The summed E-state index contributed by atoms with van der Waals surface area (Å²) in [6.45, 7) is 8.10. The third kappa shape index (κ3) is 2.42. The average Bonchev–Trinajstić information content (AvgIpc) is 2.00. The van der Waals surface area contributed by atoms with Gasteiger partial charge in [0.25, 0.3) is 0 Å². The van der Waals surface area contributed by atoms with Crippen LogP contribution in [0.3, 0.4) is 0 Å². The van der Waals surface area contributed by atoms with Crippen LogP contribution >= 0.6 is 0 Å². The smallest absolute Gasteiger partial charge is 0.0589 e. The van der Waals surface area contributed by atoms with E-state index in [1.165, 1.54) is 13.1 Å². The molecule has 0 amide bonds. The van der Waals surface area contributed by atoms with Crippen molar-refractivity contribution in [2.75, 3.05) is 40.8 Å². The molecule has 3 heteroatoms. The highest BCUT2D eigenvalue weighted by Crippen LogP contribution is 2.17. The second-order valence-corrected chi connectivity index (χ2v) is 4.28. The average molecular weight is 185 g/mol. The van der Waals surface area contributed by atoms with Crippen molar-refractivity contribution in [3.8, 4) is 0 Å². The zero-order valence-electron chi connectivity index (χ0n) is 9.62. The minimum absolute atomic E-state index is 0.585. The lowest BCUT2D eigenvalue weighted by Gasteiger charge is -2.48. The highest BCUT2D eigenvalue weighted by atomic mass is 15.4. The van der Waals surface area contributed by atoms with Crippen LogP contribution in [0.1, 0.15) is 13.8 Å². The lowest BCUT2D eigenvalue weighted by atomic mass is 10.1. The lowest BCUT2D eigenvalue weighted by molar-refractivity contribution is -0.0220. The molecular weight excluding hydrogens is 162 g/mol. The van der Waals surface area contributed by atoms with Gasteiger partial charge in [0, 0.05) is 19.1 Å². The van der Waals surface area contributed by atoms with Gasteiger partial charge in [0.2, 0.25) is 0 Å². The van der Waals surface area contributed by atoms with Crippen LogP contribution in [0.5, 0.6) is 0 Å². The molecule has 1 rings (SSSR count). The Hall–Kier alpha value is -0.120. The fourth-order valence-electron chi connectivity index (χ4n) is 1.66. The summed E-state index contributed by atoms with van der Waals surface area (Å²) in [6.07, 6.45) is 0.585. The second kappa shape index (κ2) is 4.40. The van der Waals surface area contributed by atoms with E-state index in [0.29, 0.717) is 6.17 Å². The molecule has 3 nitrogen and oxygen atoms in total. The highest BCUT2D eigenvalue weighted by molar-refractivity contribution is 4.88. The molecule has 0 saturated carbocycles. The van der Waals surface area contributed by atoms with Gasteiger partial charge in [0.05, 0.1) is 6.17 Å². The van der Waals surface area contributed by atoms with Crippen molar-refractivity contribution in [3.05, 3.63) is 0 Å². The van der Waals surface area contributed by atoms with Crippen LogP contribution in [0.4, 0.5) is 0 Å². The Balaban J connectivity index is 2.25. The van der Waals surface area contributed by atoms with Crippen molar-refractivity contribution < 1.29 is 0 Å². The molecule has 1 heterocycles. The second-order valence-electron chi connectivity index (χ2n) is 4.28. The number of hydrogen-bond donors (Lipinski definition) is 0. The van der Waals surface area contributed by atoms with E-state index in [2.05, 4.69) is 49.7 Å². The number of likely N-dealkylation sites (N-methyl/N-ethyl adjacent to an activating group) is 1. The molecule has 0 N–H and O–H groups in total. The van der Waals surface area contributed by atoms with E-state index in [4.69, 9.17) is 0 Å². The number of rotatable bonds is 4. The Kier molecular flexibility index (Phi) is 3.71. The van der Waals surface area contributed by atoms with E-state index in [9.17, 15) is 0 Å². The Bertz CT molecular complexity index is 152. The van der Waals surface area contributed by atoms with E-state index >= 15 is 0 Å². The van der Waals surface area contributed by atoms with Crippen molar-refractivity contribution in [3.63, 3.8) is 0 Å². The Morgan fingerprint density at radius 2 is 1.85 bits per heavy atom. The zero-order chi connectivity index (χ0) is 10.0. The summed E-state index contributed by atoms with van der Waals surface area (Å²) in [5.41, 5.74) is 0. The van der Waals surface area contributed by atoms with Gasteiger partial charge in [0.15, 0.2) is 0 Å². The molecule has 1 atom stereocenters. The summed E-state index contributed by atoms with van der Waals surface area (Å²) >= 11 is 0. The van der Waals surface area contributed by atoms with Gasteiger partial charge in [-0.3, -0.25) is 9.80 Å². The van der Waals surface area contributed by atoms with Gasteiger partial charge >= 0.3 is 0 Å². The maximum Gasteiger partial charge on any atom is 0.0589 e. The maximum absolute atomic E-state index is 2.51. The van der Waals surface area contributed by atoms with Gasteiger partial charge < -0.3 is 4.90 Å². The fourth-order valence-corrected chi connectivity index (χ4v) is 1.66. The van der Waals surface area contributed by atoms with Crippen molar-refractivity contribution >= 4 is 0 Å². The molecule has 1 unspecified atom stereocenters. The van der Waals surface area contributed by atoms with Crippen molar-refractivity contribution in [1.29, 1.82) is 0 Å². The molecule has 78 valence electrons. The summed E-state index contributed by atoms with van der Waals surface area (Å²) in [5.74, 6) is 0. The largest absolute Gasteiger partial charge is 0.301 e. The van der Waals surface area contributed by atoms with Gasteiger partial charge in [0.1, 0.15) is 0 Å². The molecular formula is C10H23N3. The SMILES string of the molecule is CCN(C)C1CN(C(C)N(C)C)C1. The van der Waals surface area contributed by atoms with Gasteiger partial charge in [-0.15, -0.1) is 0 Å². The monoisotopic (exact) mass is 185 g/mol. The topological polar surface area (TPSA) is 9.72 Å². The molecule has 0 radical (unpaired) electrons. The summed E-state index contributed by atoms with van der Waals surface area (Å²) in [7, 11) is 6.49. The standard InChI is InChI=1S/C10H23N3/c1-6-12(5)10-7-13(8-10)9(2)11(3)4/h9-10H,6-8H2,1-5H3. The Morgan fingerprint density at radius 1 is 1.31 bits per heavy atom. The van der Waals surface area contributed by atoms with Crippen molar-refractivity contribution in [2.24, 2.45) is 0 Å². The van der Waals surface area contributed by atoms with E-state index in [-0.39, 0.29) is 0 Å². The quantitative estimate of drug-likeness (QED) is 0.632. The normalized spacial score (nSPS) is 22.4. The summed E-state index contributed by atoms with van der Waals surface area (Å²) in [6, 6.07) is 0.785. The summed E-state index contributed by atoms with van der Waals surface area (Å²) in [5, 5.41) is 0. The minimum atomic E-state index is 0.585. The molecule has 0 aromatic rings. The fraction of sp³-hybridized carbons (Fsp3) is 1.00. The predicted octanol–water partition coefficient (Wildman–Crippen LogP) is 0.530. The van der Waals surface area contributed by atoms with Crippen LogP contribution in [0.25, 0.3) is 0 Å². The van der Waals surface area contributed by atoms with Crippen LogP contribution in [-0.4, -0.2) is 67.7 Å². The molecule has 0 aromatic carbocycles. The van der Waals surface area contributed by atoms with Crippen molar-refractivity contribution in [2.45, 2.75) is 26.1 Å². The number of hydrogen-bond acceptors (Lipinski definition) is 3. The van der Waals surface area contributed by atoms with E-state index in [0.717, 1.165) is 12.6 Å². The van der Waals surface area contributed by atoms with Gasteiger partial charge in [-0.2, -0.15) is 0 Å². The van der Waals surface area contributed by atoms with Crippen LogP contribution in [0.2, 0.25) is 0 Å². The van der Waals surface area contributed by atoms with Gasteiger partial charge in [-0.25, -0.2) is 0 Å². The summed E-state index contributed by atoms with van der Waals surface area (Å²) < 4.78 is 0. The molecule has 0 spiro atoms. The third-order valence-electron chi connectivity index (χ3n) is 3.29. The summed E-state index contributed by atoms with van der Waals surface area (Å²) in [4.78, 5) is 7.21. The van der Waals surface area contributed by atoms with Crippen LogP contribution in [0, 0.1) is 0 Å². The van der Waals surface area contributed by atoms with Crippen LogP contribution < -0.4 is 0 Å². The minimum Gasteiger partial charge on any atom is -0.301 e. The van der Waals surface area contributed by atoms with E-state index < -0.39 is 0 Å². The predicted molar refractivity (Wildman–Crippen MR) is 56.8 cm³/mol. The third-order valence-corrected chi connectivity index (χ3v) is 3.29. The number of nitrogens with zero attached hydrogens (tertiary/aromatic N) is 3. The maximum atomic E-state index is 2.51. The lowest BCUT2D eigenvalue weighted by Crippen LogP contribution is -2.63. The molecule has 1 fully saturated rings.